The third-order valence-electron chi connectivity index (χ3n) is 1.51. The van der Waals surface area contributed by atoms with Gasteiger partial charge in [-0.2, -0.15) is 0 Å². The van der Waals surface area contributed by atoms with Gasteiger partial charge in [0.2, 0.25) is 0 Å². The molecule has 0 saturated carbocycles. The zero-order valence-corrected chi connectivity index (χ0v) is 8.11. The third-order valence-corrected chi connectivity index (χ3v) is 2.33. The second-order valence-corrected chi connectivity index (χ2v) is 3.69. The van der Waals surface area contributed by atoms with Gasteiger partial charge in [-0.1, -0.05) is 5.92 Å². The Balaban J connectivity index is 2.39. The standard InChI is InChI=1S/C9H12N2S/c1-4-7(2)10-5-9-6-12-8(3)11-9/h1,6-7,10H,5H2,2-3H3. The maximum absolute atomic E-state index is 5.21. The molecule has 1 rings (SSSR count). The predicted octanol–water partition coefficient (Wildman–Crippen LogP) is 1.56. The average Bonchev–Trinajstić information content (AvgIpc) is 2.47. The molecule has 1 heterocycles. The Morgan fingerprint density at radius 3 is 3.08 bits per heavy atom. The zero-order valence-electron chi connectivity index (χ0n) is 7.29. The summed E-state index contributed by atoms with van der Waals surface area (Å²) in [7, 11) is 0. The highest BCUT2D eigenvalue weighted by molar-refractivity contribution is 7.09. The first-order valence-electron chi connectivity index (χ1n) is 3.83. The molecule has 3 heteroatoms. The normalized spacial score (nSPS) is 12.4. The molecule has 0 spiro atoms. The van der Waals surface area contributed by atoms with E-state index < -0.39 is 0 Å². The molecular weight excluding hydrogens is 168 g/mol. The minimum absolute atomic E-state index is 0.118. The van der Waals surface area contributed by atoms with Gasteiger partial charge in [-0.15, -0.1) is 17.8 Å². The van der Waals surface area contributed by atoms with Crippen molar-refractivity contribution in [3.8, 4) is 12.3 Å². The van der Waals surface area contributed by atoms with E-state index in [4.69, 9.17) is 6.42 Å². The van der Waals surface area contributed by atoms with Gasteiger partial charge in [-0.25, -0.2) is 4.98 Å². The van der Waals surface area contributed by atoms with E-state index >= 15 is 0 Å². The fourth-order valence-electron chi connectivity index (χ4n) is 0.806. The first kappa shape index (κ1) is 9.24. The van der Waals surface area contributed by atoms with E-state index in [1.54, 1.807) is 11.3 Å². The summed E-state index contributed by atoms with van der Waals surface area (Å²) in [5.74, 6) is 2.61. The number of nitrogens with one attached hydrogen (secondary N) is 1. The lowest BCUT2D eigenvalue weighted by Crippen LogP contribution is -2.23. The summed E-state index contributed by atoms with van der Waals surface area (Å²) in [5.41, 5.74) is 1.07. The summed E-state index contributed by atoms with van der Waals surface area (Å²) < 4.78 is 0. The molecule has 0 fully saturated rings. The van der Waals surface area contributed by atoms with Gasteiger partial charge in [0.15, 0.2) is 0 Å². The molecule has 1 unspecified atom stereocenters. The zero-order chi connectivity index (χ0) is 8.97. The Morgan fingerprint density at radius 2 is 2.58 bits per heavy atom. The van der Waals surface area contributed by atoms with Crippen LogP contribution >= 0.6 is 11.3 Å². The van der Waals surface area contributed by atoms with Crippen molar-refractivity contribution in [3.05, 3.63) is 16.1 Å². The summed E-state index contributed by atoms with van der Waals surface area (Å²) in [6.07, 6.45) is 5.21. The van der Waals surface area contributed by atoms with E-state index in [2.05, 4.69) is 16.2 Å². The molecule has 1 atom stereocenters. The number of hydrogen-bond acceptors (Lipinski definition) is 3. The van der Waals surface area contributed by atoms with E-state index in [0.717, 1.165) is 17.2 Å². The Kier molecular flexibility index (Phi) is 3.27. The van der Waals surface area contributed by atoms with E-state index in [9.17, 15) is 0 Å². The smallest absolute Gasteiger partial charge is 0.0897 e. The molecule has 0 aromatic carbocycles. The molecule has 64 valence electrons. The van der Waals surface area contributed by atoms with Crippen LogP contribution in [0.4, 0.5) is 0 Å². The van der Waals surface area contributed by atoms with Crippen molar-refractivity contribution in [2.75, 3.05) is 0 Å². The minimum atomic E-state index is 0.118. The van der Waals surface area contributed by atoms with Crippen molar-refractivity contribution in [1.82, 2.24) is 10.3 Å². The first-order chi connectivity index (χ1) is 5.72. The summed E-state index contributed by atoms with van der Waals surface area (Å²) in [4.78, 5) is 4.30. The molecule has 0 saturated heterocycles. The van der Waals surface area contributed by atoms with E-state index in [1.807, 2.05) is 19.2 Å². The number of thiazole rings is 1. The van der Waals surface area contributed by atoms with Crippen LogP contribution in [0.5, 0.6) is 0 Å². The molecular formula is C9H12N2S. The molecule has 0 amide bonds. The monoisotopic (exact) mass is 180 g/mol. The third kappa shape index (κ3) is 2.65. The molecule has 1 aromatic heterocycles. The Morgan fingerprint density at radius 1 is 1.83 bits per heavy atom. The van der Waals surface area contributed by atoms with Crippen molar-refractivity contribution in [1.29, 1.82) is 0 Å². The van der Waals surface area contributed by atoms with Gasteiger partial charge in [0.1, 0.15) is 0 Å². The molecule has 1 aromatic rings. The van der Waals surface area contributed by atoms with Crippen LogP contribution in [0.3, 0.4) is 0 Å². The number of aryl methyl sites for hydroxylation is 1. The predicted molar refractivity (Wildman–Crippen MR) is 52.0 cm³/mol. The Hall–Kier alpha value is -0.850. The van der Waals surface area contributed by atoms with Gasteiger partial charge in [-0.05, 0) is 13.8 Å². The van der Waals surface area contributed by atoms with Crippen LogP contribution in [0.25, 0.3) is 0 Å². The molecule has 1 N–H and O–H groups in total. The van der Waals surface area contributed by atoms with Crippen LogP contribution in [0, 0.1) is 19.3 Å². The van der Waals surface area contributed by atoms with Gasteiger partial charge in [0.05, 0.1) is 16.7 Å². The second kappa shape index (κ2) is 4.24. The van der Waals surface area contributed by atoms with E-state index in [1.165, 1.54) is 0 Å². The highest BCUT2D eigenvalue weighted by Gasteiger charge is 1.99. The van der Waals surface area contributed by atoms with Gasteiger partial charge in [0.25, 0.3) is 0 Å². The molecule has 2 nitrogen and oxygen atoms in total. The maximum atomic E-state index is 5.21. The minimum Gasteiger partial charge on any atom is -0.298 e. The highest BCUT2D eigenvalue weighted by Crippen LogP contribution is 2.07. The molecule has 0 bridgehead atoms. The largest absolute Gasteiger partial charge is 0.298 e. The fraction of sp³-hybridized carbons (Fsp3) is 0.444. The Bertz CT molecular complexity index is 285. The molecule has 12 heavy (non-hydrogen) atoms. The van der Waals surface area contributed by atoms with Crippen LogP contribution in [-0.4, -0.2) is 11.0 Å². The Labute approximate surface area is 77.0 Å². The van der Waals surface area contributed by atoms with E-state index in [-0.39, 0.29) is 6.04 Å². The molecule has 0 radical (unpaired) electrons. The van der Waals surface area contributed by atoms with Gasteiger partial charge < -0.3 is 0 Å². The van der Waals surface area contributed by atoms with Crippen molar-refractivity contribution in [2.45, 2.75) is 26.4 Å². The summed E-state index contributed by atoms with van der Waals surface area (Å²) in [6, 6.07) is 0.118. The number of nitrogens with zero attached hydrogens (tertiary/aromatic N) is 1. The first-order valence-corrected chi connectivity index (χ1v) is 4.71. The van der Waals surface area contributed by atoms with Crippen LogP contribution in [0.1, 0.15) is 17.6 Å². The SMILES string of the molecule is C#CC(C)NCc1csc(C)n1. The topological polar surface area (TPSA) is 24.9 Å². The fourth-order valence-corrected chi connectivity index (χ4v) is 1.42. The molecule has 0 aliphatic heterocycles. The van der Waals surface area contributed by atoms with Crippen LogP contribution in [0.2, 0.25) is 0 Å². The summed E-state index contributed by atoms with van der Waals surface area (Å²) >= 11 is 1.66. The quantitative estimate of drug-likeness (QED) is 0.714. The van der Waals surface area contributed by atoms with Gasteiger partial charge >= 0.3 is 0 Å². The van der Waals surface area contributed by atoms with Gasteiger partial charge in [-0.3, -0.25) is 5.32 Å². The maximum Gasteiger partial charge on any atom is 0.0897 e. The second-order valence-electron chi connectivity index (χ2n) is 2.63. The number of terminal acetylenes is 1. The molecule has 0 aliphatic rings. The van der Waals surface area contributed by atoms with Crippen LogP contribution in [0.15, 0.2) is 5.38 Å². The van der Waals surface area contributed by atoms with Crippen LogP contribution in [-0.2, 0) is 6.54 Å². The highest BCUT2D eigenvalue weighted by atomic mass is 32.1. The summed E-state index contributed by atoms with van der Waals surface area (Å²) in [5, 5.41) is 6.31. The van der Waals surface area contributed by atoms with Crippen molar-refractivity contribution in [3.63, 3.8) is 0 Å². The van der Waals surface area contributed by atoms with Gasteiger partial charge in [0, 0.05) is 11.9 Å². The lowest BCUT2D eigenvalue weighted by Gasteiger charge is -2.03. The molecule has 0 aliphatic carbocycles. The van der Waals surface area contributed by atoms with Crippen LogP contribution < -0.4 is 5.32 Å². The lowest BCUT2D eigenvalue weighted by molar-refractivity contribution is 0.639. The lowest BCUT2D eigenvalue weighted by atomic mass is 10.3. The van der Waals surface area contributed by atoms with E-state index in [0.29, 0.717) is 0 Å². The number of aromatic nitrogens is 1. The number of hydrogen-bond donors (Lipinski definition) is 1. The average molecular weight is 180 g/mol. The van der Waals surface area contributed by atoms with Crippen molar-refractivity contribution < 1.29 is 0 Å². The van der Waals surface area contributed by atoms with Crippen molar-refractivity contribution >= 4 is 11.3 Å². The summed E-state index contributed by atoms with van der Waals surface area (Å²) in [6.45, 7) is 4.72. The number of rotatable bonds is 3. The van der Waals surface area contributed by atoms with Crippen molar-refractivity contribution in [2.24, 2.45) is 0 Å².